The number of hydrogen-bond donors (Lipinski definition) is 3. The quantitative estimate of drug-likeness (QED) is 0.318. The molecule has 0 bridgehead atoms. The predicted octanol–water partition coefficient (Wildman–Crippen LogP) is 2.92. The lowest BCUT2D eigenvalue weighted by molar-refractivity contribution is 0.0527. The van der Waals surface area contributed by atoms with Crippen LogP contribution in [0, 0.1) is 0 Å². The van der Waals surface area contributed by atoms with E-state index >= 15 is 0 Å². The monoisotopic (exact) mass is 430 g/mol. The van der Waals surface area contributed by atoms with Crippen LogP contribution in [0.1, 0.15) is 45.5 Å². The lowest BCUT2D eigenvalue weighted by atomic mass is 10.1. The number of hydrogen-bond acceptors (Lipinski definition) is 6. The number of guanidine groups is 1. The number of alkyl carbamates (subject to hydrolysis) is 1. The van der Waals surface area contributed by atoms with Gasteiger partial charge in [-0.1, -0.05) is 24.2 Å². The summed E-state index contributed by atoms with van der Waals surface area (Å²) in [6.07, 6.45) is 1.97. The van der Waals surface area contributed by atoms with Crippen LogP contribution < -0.4 is 16.0 Å². The molecule has 0 radical (unpaired) electrons. The lowest BCUT2D eigenvalue weighted by Crippen LogP contribution is -2.40. The van der Waals surface area contributed by atoms with E-state index in [4.69, 9.17) is 9.26 Å². The fraction of sp³-hybridized carbons (Fsp3) is 0.545. The molecule has 0 aliphatic heterocycles. The third kappa shape index (κ3) is 9.06. The van der Waals surface area contributed by atoms with Crippen LogP contribution in [-0.4, -0.2) is 54.5 Å². The molecule has 0 saturated carbocycles. The largest absolute Gasteiger partial charge is 0.444 e. The molecule has 1 amide bonds. The minimum Gasteiger partial charge on any atom is -0.444 e. The number of aliphatic imine (C=N–C) groups is 1. The number of carbonyl (C=O) groups excluding carboxylic acids is 1. The molecule has 9 heteroatoms. The van der Waals surface area contributed by atoms with Crippen molar-refractivity contribution in [1.82, 2.24) is 26.1 Å². The first kappa shape index (κ1) is 24.2. The normalized spacial score (nSPS) is 11.8. The van der Waals surface area contributed by atoms with Gasteiger partial charge in [-0.3, -0.25) is 4.99 Å². The van der Waals surface area contributed by atoms with Gasteiger partial charge in [-0.05, 0) is 51.3 Å². The maximum Gasteiger partial charge on any atom is 0.407 e. The molecule has 2 rings (SSSR count). The van der Waals surface area contributed by atoms with Crippen molar-refractivity contribution in [3.05, 3.63) is 35.7 Å². The zero-order valence-electron chi connectivity index (χ0n) is 19.1. The van der Waals surface area contributed by atoms with Gasteiger partial charge < -0.3 is 25.2 Å². The van der Waals surface area contributed by atoms with Gasteiger partial charge in [0, 0.05) is 38.7 Å². The molecular weight excluding hydrogens is 396 g/mol. The van der Waals surface area contributed by atoms with E-state index in [-0.39, 0.29) is 0 Å². The summed E-state index contributed by atoms with van der Waals surface area (Å²) in [6, 6.07) is 8.11. The highest BCUT2D eigenvalue weighted by molar-refractivity contribution is 5.79. The zero-order chi connectivity index (χ0) is 22.7. The second-order valence-electron chi connectivity index (χ2n) is 8.02. The van der Waals surface area contributed by atoms with E-state index < -0.39 is 11.7 Å². The van der Waals surface area contributed by atoms with Crippen LogP contribution in [-0.2, 0) is 17.6 Å². The number of aromatic nitrogens is 2. The molecule has 170 valence electrons. The Kier molecular flexibility index (Phi) is 9.30. The van der Waals surface area contributed by atoms with Gasteiger partial charge in [0.2, 0.25) is 0 Å². The molecular formula is C22H34N6O3. The highest BCUT2D eigenvalue weighted by atomic mass is 16.6. The van der Waals surface area contributed by atoms with E-state index in [1.807, 2.05) is 39.8 Å². The number of carbonyl (C=O) groups is 1. The van der Waals surface area contributed by atoms with Crippen molar-refractivity contribution in [2.24, 2.45) is 4.99 Å². The first-order valence-corrected chi connectivity index (χ1v) is 10.6. The molecule has 1 heterocycles. The van der Waals surface area contributed by atoms with E-state index in [0.717, 1.165) is 37.3 Å². The average molecular weight is 431 g/mol. The second-order valence-corrected chi connectivity index (χ2v) is 8.02. The van der Waals surface area contributed by atoms with Crippen molar-refractivity contribution < 1.29 is 14.1 Å². The van der Waals surface area contributed by atoms with Crippen LogP contribution in [0.2, 0.25) is 0 Å². The van der Waals surface area contributed by atoms with Gasteiger partial charge in [0.05, 0.1) is 0 Å². The summed E-state index contributed by atoms with van der Waals surface area (Å²) >= 11 is 0. The van der Waals surface area contributed by atoms with Crippen molar-refractivity contribution in [1.29, 1.82) is 0 Å². The number of rotatable bonds is 9. The highest BCUT2D eigenvalue weighted by Gasteiger charge is 2.15. The Hall–Kier alpha value is -3.10. The van der Waals surface area contributed by atoms with Gasteiger partial charge >= 0.3 is 6.09 Å². The van der Waals surface area contributed by atoms with Crippen molar-refractivity contribution in [3.8, 4) is 11.5 Å². The summed E-state index contributed by atoms with van der Waals surface area (Å²) in [5.74, 6) is 1.99. The number of ether oxygens (including phenoxy) is 1. The van der Waals surface area contributed by atoms with Crippen LogP contribution in [0.25, 0.3) is 11.5 Å². The smallest absolute Gasteiger partial charge is 0.407 e. The van der Waals surface area contributed by atoms with E-state index in [0.29, 0.717) is 24.8 Å². The summed E-state index contributed by atoms with van der Waals surface area (Å²) in [5, 5.41) is 13.2. The molecule has 0 fully saturated rings. The topological polar surface area (TPSA) is 114 Å². The third-order valence-electron chi connectivity index (χ3n) is 4.23. The number of aryl methyl sites for hydroxylation is 1. The van der Waals surface area contributed by atoms with Gasteiger partial charge in [0.15, 0.2) is 11.8 Å². The van der Waals surface area contributed by atoms with Gasteiger partial charge in [0.25, 0.3) is 5.89 Å². The lowest BCUT2D eigenvalue weighted by Gasteiger charge is -2.19. The second kappa shape index (κ2) is 11.9. The number of nitrogens with zero attached hydrogens (tertiary/aromatic N) is 3. The molecule has 31 heavy (non-hydrogen) atoms. The molecule has 9 nitrogen and oxygen atoms in total. The molecule has 0 aliphatic rings. The van der Waals surface area contributed by atoms with E-state index in [9.17, 15) is 4.79 Å². The number of benzene rings is 1. The van der Waals surface area contributed by atoms with Crippen molar-refractivity contribution in [2.45, 2.75) is 52.6 Å². The fourth-order valence-corrected chi connectivity index (χ4v) is 2.67. The predicted molar refractivity (Wildman–Crippen MR) is 121 cm³/mol. The molecule has 2 aromatic rings. The Morgan fingerprint density at radius 2 is 1.77 bits per heavy atom. The highest BCUT2D eigenvalue weighted by Crippen LogP contribution is 2.18. The SMILES string of the molecule is CCc1noc(-c2ccc(CCNC(=NC)NCCCNC(=O)OC(C)(C)C)cc2)n1. The first-order valence-electron chi connectivity index (χ1n) is 10.6. The Balaban J connectivity index is 1.64. The van der Waals surface area contributed by atoms with Crippen LogP contribution in [0.5, 0.6) is 0 Å². The minimum atomic E-state index is -0.486. The Morgan fingerprint density at radius 1 is 1.10 bits per heavy atom. The van der Waals surface area contributed by atoms with Crippen molar-refractivity contribution >= 4 is 12.1 Å². The standard InChI is InChI=1S/C22H34N6O3/c1-6-18-27-19(31-28-18)17-10-8-16(9-11-17)12-15-25-20(23-5)24-13-7-14-26-21(29)30-22(2,3)4/h8-11H,6-7,12-15H2,1-5H3,(H,26,29)(H2,23,24,25). The van der Waals surface area contributed by atoms with E-state index in [1.165, 1.54) is 5.56 Å². The Bertz CT molecular complexity index is 840. The van der Waals surface area contributed by atoms with Crippen LogP contribution in [0.15, 0.2) is 33.8 Å². The summed E-state index contributed by atoms with van der Waals surface area (Å²) in [4.78, 5) is 20.2. The molecule has 0 atom stereocenters. The number of amides is 1. The molecule has 0 aliphatic carbocycles. The van der Waals surface area contributed by atoms with Gasteiger partial charge in [-0.2, -0.15) is 4.98 Å². The van der Waals surface area contributed by atoms with Crippen LogP contribution in [0.3, 0.4) is 0 Å². The van der Waals surface area contributed by atoms with Gasteiger partial charge in [-0.15, -0.1) is 0 Å². The Labute approximate surface area is 184 Å². The maximum absolute atomic E-state index is 11.6. The van der Waals surface area contributed by atoms with Crippen molar-refractivity contribution in [2.75, 3.05) is 26.7 Å². The summed E-state index contributed by atoms with van der Waals surface area (Å²) in [6.45, 7) is 9.49. The average Bonchev–Trinajstić information content (AvgIpc) is 3.20. The Morgan fingerprint density at radius 3 is 2.39 bits per heavy atom. The van der Waals surface area contributed by atoms with E-state index in [1.54, 1.807) is 7.05 Å². The first-order chi connectivity index (χ1) is 14.8. The number of nitrogens with one attached hydrogen (secondary N) is 3. The van der Waals surface area contributed by atoms with Crippen LogP contribution >= 0.6 is 0 Å². The fourth-order valence-electron chi connectivity index (χ4n) is 2.67. The van der Waals surface area contributed by atoms with Gasteiger partial charge in [0.1, 0.15) is 5.60 Å². The molecule has 0 spiro atoms. The molecule has 1 aromatic heterocycles. The summed E-state index contributed by atoms with van der Waals surface area (Å²) in [7, 11) is 1.73. The van der Waals surface area contributed by atoms with Gasteiger partial charge in [-0.25, -0.2) is 4.79 Å². The van der Waals surface area contributed by atoms with Crippen molar-refractivity contribution in [3.63, 3.8) is 0 Å². The summed E-state index contributed by atoms with van der Waals surface area (Å²) in [5.41, 5.74) is 1.63. The maximum atomic E-state index is 11.6. The molecule has 0 unspecified atom stereocenters. The third-order valence-corrected chi connectivity index (χ3v) is 4.23. The molecule has 0 saturated heterocycles. The molecule has 1 aromatic carbocycles. The molecule has 3 N–H and O–H groups in total. The minimum absolute atomic E-state index is 0.397. The van der Waals surface area contributed by atoms with Crippen LogP contribution in [0.4, 0.5) is 4.79 Å². The summed E-state index contributed by atoms with van der Waals surface area (Å²) < 4.78 is 10.5. The zero-order valence-corrected chi connectivity index (χ0v) is 19.1. The van der Waals surface area contributed by atoms with E-state index in [2.05, 4.69) is 43.2 Å².